The number of piperidine rings is 1. The molecule has 2 aromatic carbocycles. The van der Waals surface area contributed by atoms with E-state index in [1.165, 1.54) is 16.5 Å². The van der Waals surface area contributed by atoms with E-state index in [1.807, 2.05) is 18.2 Å². The van der Waals surface area contributed by atoms with E-state index in [2.05, 4.69) is 39.9 Å². The van der Waals surface area contributed by atoms with Crippen molar-refractivity contribution in [3.05, 3.63) is 77.7 Å². The normalized spacial score (nSPS) is 16.1. The summed E-state index contributed by atoms with van der Waals surface area (Å²) in [5.74, 6) is -0.109. The van der Waals surface area contributed by atoms with E-state index in [-0.39, 0.29) is 11.6 Å². The minimum absolute atomic E-state index is 0.0634. The lowest BCUT2D eigenvalue weighted by atomic mass is 10.0. The molecule has 0 atom stereocenters. The van der Waals surface area contributed by atoms with Gasteiger partial charge in [-0.25, -0.2) is 4.39 Å². The molecule has 0 aliphatic carbocycles. The standard InChI is InChI=1S/C25H27FN2O/c1-19(29)2-3-21-4-7-22-11-17-28(25(22)18-21)24-12-15-27(16-13-24)14-10-20-5-8-23(26)9-6-20/h2-9,11,17-18,24H,10,12-16H2,1H3/b3-2+. The van der Waals surface area contributed by atoms with Crippen LogP contribution in [-0.2, 0) is 11.2 Å². The first kappa shape index (κ1) is 19.6. The van der Waals surface area contributed by atoms with Crippen molar-refractivity contribution in [3.8, 4) is 0 Å². The van der Waals surface area contributed by atoms with Gasteiger partial charge in [0.1, 0.15) is 5.82 Å². The number of benzene rings is 2. The van der Waals surface area contributed by atoms with Crippen LogP contribution in [-0.4, -0.2) is 34.9 Å². The molecule has 0 N–H and O–H groups in total. The van der Waals surface area contributed by atoms with Gasteiger partial charge in [0, 0.05) is 37.4 Å². The number of nitrogens with zero attached hydrogens (tertiary/aromatic N) is 2. The van der Waals surface area contributed by atoms with Gasteiger partial charge < -0.3 is 9.47 Å². The topological polar surface area (TPSA) is 25.2 Å². The summed E-state index contributed by atoms with van der Waals surface area (Å²) in [6, 6.07) is 15.9. The van der Waals surface area contributed by atoms with Gasteiger partial charge >= 0.3 is 0 Å². The predicted molar refractivity (Wildman–Crippen MR) is 116 cm³/mol. The fourth-order valence-corrected chi connectivity index (χ4v) is 4.16. The van der Waals surface area contributed by atoms with Crippen molar-refractivity contribution in [1.29, 1.82) is 0 Å². The highest BCUT2D eigenvalue weighted by Gasteiger charge is 2.21. The van der Waals surface area contributed by atoms with Crippen LogP contribution in [0.25, 0.3) is 17.0 Å². The molecule has 0 bridgehead atoms. The lowest BCUT2D eigenvalue weighted by Crippen LogP contribution is -2.35. The summed E-state index contributed by atoms with van der Waals surface area (Å²) >= 11 is 0. The fraction of sp³-hybridized carbons (Fsp3) is 0.320. The smallest absolute Gasteiger partial charge is 0.152 e. The molecule has 4 rings (SSSR count). The van der Waals surface area contributed by atoms with E-state index in [0.717, 1.165) is 44.5 Å². The van der Waals surface area contributed by atoms with Gasteiger partial charge in [-0.3, -0.25) is 4.79 Å². The SMILES string of the molecule is CC(=O)/C=C/c1ccc2ccn(C3CCN(CCc4ccc(F)cc4)CC3)c2c1. The third-order valence-corrected chi connectivity index (χ3v) is 5.84. The number of likely N-dealkylation sites (tertiary alicyclic amines) is 1. The first-order valence-electron chi connectivity index (χ1n) is 10.3. The zero-order valence-corrected chi connectivity index (χ0v) is 16.9. The molecule has 0 spiro atoms. The molecule has 1 fully saturated rings. The van der Waals surface area contributed by atoms with E-state index in [9.17, 15) is 9.18 Å². The van der Waals surface area contributed by atoms with Gasteiger partial charge in [-0.1, -0.05) is 30.3 Å². The van der Waals surface area contributed by atoms with Gasteiger partial charge in [0.2, 0.25) is 0 Å². The molecule has 2 heterocycles. The number of hydrogen-bond acceptors (Lipinski definition) is 2. The zero-order valence-electron chi connectivity index (χ0n) is 16.9. The quantitative estimate of drug-likeness (QED) is 0.536. The van der Waals surface area contributed by atoms with Crippen LogP contribution in [0.4, 0.5) is 4.39 Å². The number of carbonyl (C=O) groups excluding carboxylic acids is 1. The van der Waals surface area contributed by atoms with Crippen molar-refractivity contribution in [3.63, 3.8) is 0 Å². The number of halogens is 1. The molecule has 0 unspecified atom stereocenters. The van der Waals surface area contributed by atoms with Crippen LogP contribution >= 0.6 is 0 Å². The van der Waals surface area contributed by atoms with Crippen molar-refractivity contribution in [2.75, 3.05) is 19.6 Å². The third-order valence-electron chi connectivity index (χ3n) is 5.84. The molecule has 0 radical (unpaired) electrons. The Kier molecular flexibility index (Phi) is 5.91. The Labute approximate surface area is 171 Å². The lowest BCUT2D eigenvalue weighted by Gasteiger charge is -2.33. The lowest BCUT2D eigenvalue weighted by molar-refractivity contribution is -0.112. The Bertz CT molecular complexity index is 1010. The summed E-state index contributed by atoms with van der Waals surface area (Å²) in [5, 5.41) is 1.24. The molecule has 1 aromatic heterocycles. The summed E-state index contributed by atoms with van der Waals surface area (Å²) < 4.78 is 15.4. The Morgan fingerprint density at radius 3 is 2.59 bits per heavy atom. The highest BCUT2D eigenvalue weighted by atomic mass is 19.1. The number of fused-ring (bicyclic) bond motifs is 1. The highest BCUT2D eigenvalue weighted by Crippen LogP contribution is 2.28. The minimum atomic E-state index is -0.173. The Balaban J connectivity index is 1.39. The molecule has 1 aliphatic heterocycles. The average molecular weight is 391 g/mol. The van der Waals surface area contributed by atoms with Crippen molar-refractivity contribution in [2.45, 2.75) is 32.2 Å². The first-order chi connectivity index (χ1) is 14.1. The van der Waals surface area contributed by atoms with Crippen molar-refractivity contribution in [2.24, 2.45) is 0 Å². The summed E-state index contributed by atoms with van der Waals surface area (Å²) in [7, 11) is 0. The van der Waals surface area contributed by atoms with E-state index in [1.54, 1.807) is 25.1 Å². The van der Waals surface area contributed by atoms with Crippen LogP contribution in [0.1, 0.15) is 36.9 Å². The van der Waals surface area contributed by atoms with Crippen LogP contribution in [0, 0.1) is 5.82 Å². The van der Waals surface area contributed by atoms with Crippen LogP contribution < -0.4 is 0 Å². The third kappa shape index (κ3) is 4.83. The molecule has 3 nitrogen and oxygen atoms in total. The Hall–Kier alpha value is -2.72. The van der Waals surface area contributed by atoms with E-state index < -0.39 is 0 Å². The second-order valence-electron chi connectivity index (χ2n) is 7.93. The minimum Gasteiger partial charge on any atom is -0.344 e. The van der Waals surface area contributed by atoms with Crippen molar-refractivity contribution >= 4 is 22.8 Å². The van der Waals surface area contributed by atoms with Gasteiger partial charge in [0.25, 0.3) is 0 Å². The molecule has 150 valence electrons. The number of carbonyl (C=O) groups is 1. The molecule has 1 saturated heterocycles. The Morgan fingerprint density at radius 1 is 1.10 bits per heavy atom. The zero-order chi connectivity index (χ0) is 20.2. The maximum Gasteiger partial charge on any atom is 0.152 e. The highest BCUT2D eigenvalue weighted by molar-refractivity contribution is 5.92. The van der Waals surface area contributed by atoms with Gasteiger partial charge in [-0.2, -0.15) is 0 Å². The van der Waals surface area contributed by atoms with Crippen LogP contribution in [0.5, 0.6) is 0 Å². The molecule has 29 heavy (non-hydrogen) atoms. The number of allylic oxidation sites excluding steroid dienone is 1. The van der Waals surface area contributed by atoms with E-state index in [0.29, 0.717) is 6.04 Å². The molecular formula is C25H27FN2O. The summed E-state index contributed by atoms with van der Waals surface area (Å²) in [4.78, 5) is 13.7. The number of aromatic nitrogens is 1. The van der Waals surface area contributed by atoms with Crippen LogP contribution in [0.3, 0.4) is 0 Å². The number of ketones is 1. The van der Waals surface area contributed by atoms with Crippen molar-refractivity contribution < 1.29 is 9.18 Å². The predicted octanol–water partition coefficient (Wildman–Crippen LogP) is 5.26. The van der Waals surface area contributed by atoms with Gasteiger partial charge in [-0.05, 0) is 73.0 Å². The molecule has 0 saturated carbocycles. The molecule has 3 aromatic rings. The molecular weight excluding hydrogens is 363 g/mol. The summed E-state index contributed by atoms with van der Waals surface area (Å²) in [6.45, 7) is 4.75. The largest absolute Gasteiger partial charge is 0.344 e. The van der Waals surface area contributed by atoms with Gasteiger partial charge in [0.05, 0.1) is 0 Å². The summed E-state index contributed by atoms with van der Waals surface area (Å²) in [6.07, 6.45) is 8.91. The molecule has 4 heteroatoms. The van der Waals surface area contributed by atoms with Gasteiger partial charge in [-0.15, -0.1) is 0 Å². The maximum absolute atomic E-state index is 13.0. The Morgan fingerprint density at radius 2 is 1.86 bits per heavy atom. The second kappa shape index (κ2) is 8.75. The van der Waals surface area contributed by atoms with Crippen LogP contribution in [0.15, 0.2) is 60.8 Å². The molecule has 0 amide bonds. The summed E-state index contributed by atoms with van der Waals surface area (Å²) in [5.41, 5.74) is 3.49. The fourth-order valence-electron chi connectivity index (χ4n) is 4.16. The second-order valence-corrected chi connectivity index (χ2v) is 7.93. The average Bonchev–Trinajstić information content (AvgIpc) is 3.15. The number of rotatable bonds is 6. The molecule has 1 aliphatic rings. The van der Waals surface area contributed by atoms with E-state index >= 15 is 0 Å². The first-order valence-corrected chi connectivity index (χ1v) is 10.3. The maximum atomic E-state index is 13.0. The van der Waals surface area contributed by atoms with Crippen LogP contribution in [0.2, 0.25) is 0 Å². The monoisotopic (exact) mass is 390 g/mol. The number of hydrogen-bond donors (Lipinski definition) is 0. The van der Waals surface area contributed by atoms with E-state index in [4.69, 9.17) is 0 Å². The van der Waals surface area contributed by atoms with Gasteiger partial charge in [0.15, 0.2) is 5.78 Å². The van der Waals surface area contributed by atoms with Crippen molar-refractivity contribution in [1.82, 2.24) is 9.47 Å².